The van der Waals surface area contributed by atoms with Crippen LogP contribution in [0.15, 0.2) is 53.9 Å². The van der Waals surface area contributed by atoms with E-state index >= 15 is 0 Å². The molecule has 3 aromatic rings. The molecule has 3 rings (SSSR count). The first-order valence-electron chi connectivity index (χ1n) is 6.83. The Labute approximate surface area is 127 Å². The Morgan fingerprint density at radius 3 is 2.57 bits per heavy atom. The number of carbonyl (C=O) groups excluding carboxylic acids is 1. The van der Waals surface area contributed by atoms with E-state index in [1.54, 1.807) is 11.3 Å². The van der Waals surface area contributed by atoms with E-state index in [1.807, 2.05) is 47.8 Å². The van der Waals surface area contributed by atoms with E-state index in [9.17, 15) is 4.79 Å². The molecule has 2 aromatic carbocycles. The summed E-state index contributed by atoms with van der Waals surface area (Å²) < 4.78 is 0. The van der Waals surface area contributed by atoms with Crippen LogP contribution in [0.2, 0.25) is 0 Å². The Morgan fingerprint density at radius 1 is 1.10 bits per heavy atom. The van der Waals surface area contributed by atoms with Gasteiger partial charge < -0.3 is 11.1 Å². The molecule has 106 valence electrons. The summed E-state index contributed by atoms with van der Waals surface area (Å²) in [6.07, 6.45) is 0.844. The van der Waals surface area contributed by atoms with Crippen molar-refractivity contribution in [3.05, 3.63) is 64.4 Å². The second-order valence-corrected chi connectivity index (χ2v) is 5.90. The molecule has 0 bridgehead atoms. The first-order valence-corrected chi connectivity index (χ1v) is 7.71. The topological polar surface area (TPSA) is 55.1 Å². The summed E-state index contributed by atoms with van der Waals surface area (Å²) in [5.41, 5.74) is 7.05. The number of nitrogens with one attached hydrogen (secondary N) is 1. The summed E-state index contributed by atoms with van der Waals surface area (Å²) in [4.78, 5) is 13.5. The number of thiophene rings is 1. The van der Waals surface area contributed by atoms with Crippen LogP contribution in [0.4, 0.5) is 5.69 Å². The van der Waals surface area contributed by atoms with Gasteiger partial charge in [0, 0.05) is 17.1 Å². The molecule has 1 aromatic heterocycles. The number of hydrogen-bond acceptors (Lipinski definition) is 3. The first kappa shape index (κ1) is 13.6. The van der Waals surface area contributed by atoms with E-state index in [0.29, 0.717) is 17.8 Å². The van der Waals surface area contributed by atoms with Gasteiger partial charge in [-0.1, -0.05) is 30.3 Å². The minimum Gasteiger partial charge on any atom is -0.398 e. The second-order valence-electron chi connectivity index (χ2n) is 4.87. The lowest BCUT2D eigenvalue weighted by atomic mass is 10.0. The standard InChI is InChI=1S/C17H16N2OS/c18-16-11-13-5-2-1-4-12(13)10-15(16)17(20)19-8-7-14-6-3-9-21-14/h1-6,9-11H,7-8,18H2,(H,19,20). The molecule has 0 fully saturated rings. The highest BCUT2D eigenvalue weighted by atomic mass is 32.1. The largest absolute Gasteiger partial charge is 0.398 e. The fourth-order valence-electron chi connectivity index (χ4n) is 2.30. The van der Waals surface area contributed by atoms with Gasteiger partial charge in [-0.15, -0.1) is 11.3 Å². The zero-order valence-corrected chi connectivity index (χ0v) is 12.3. The van der Waals surface area contributed by atoms with Crippen molar-refractivity contribution in [1.29, 1.82) is 0 Å². The van der Waals surface area contributed by atoms with Crippen LogP contribution in [0, 0.1) is 0 Å². The zero-order valence-electron chi connectivity index (χ0n) is 11.5. The van der Waals surface area contributed by atoms with Gasteiger partial charge in [-0.05, 0) is 40.8 Å². The number of carbonyl (C=O) groups is 1. The van der Waals surface area contributed by atoms with Gasteiger partial charge in [-0.3, -0.25) is 4.79 Å². The van der Waals surface area contributed by atoms with E-state index in [-0.39, 0.29) is 5.91 Å². The lowest BCUT2D eigenvalue weighted by Crippen LogP contribution is -2.26. The smallest absolute Gasteiger partial charge is 0.253 e. The summed E-state index contributed by atoms with van der Waals surface area (Å²) in [6.45, 7) is 0.617. The Bertz CT molecular complexity index is 766. The molecule has 21 heavy (non-hydrogen) atoms. The monoisotopic (exact) mass is 296 g/mol. The molecule has 0 aliphatic carbocycles. The van der Waals surface area contributed by atoms with Crippen LogP contribution in [0.5, 0.6) is 0 Å². The van der Waals surface area contributed by atoms with Gasteiger partial charge in [0.25, 0.3) is 5.91 Å². The minimum atomic E-state index is -0.116. The second kappa shape index (κ2) is 5.97. The fourth-order valence-corrected chi connectivity index (χ4v) is 3.01. The summed E-state index contributed by atoms with van der Waals surface area (Å²) in [5, 5.41) is 7.04. The molecule has 0 radical (unpaired) electrons. The number of nitrogen functional groups attached to an aromatic ring is 1. The summed E-state index contributed by atoms with van der Waals surface area (Å²) >= 11 is 1.70. The number of anilines is 1. The maximum atomic E-state index is 12.2. The zero-order chi connectivity index (χ0) is 14.7. The fraction of sp³-hybridized carbons (Fsp3) is 0.118. The minimum absolute atomic E-state index is 0.116. The molecule has 0 saturated heterocycles. The maximum absolute atomic E-state index is 12.2. The Hall–Kier alpha value is -2.33. The van der Waals surface area contributed by atoms with Crippen LogP contribution in [0.1, 0.15) is 15.2 Å². The lowest BCUT2D eigenvalue weighted by Gasteiger charge is -2.09. The van der Waals surface area contributed by atoms with Gasteiger partial charge >= 0.3 is 0 Å². The molecule has 0 saturated carbocycles. The molecule has 0 atom stereocenters. The summed E-state index contributed by atoms with van der Waals surface area (Å²) in [5.74, 6) is -0.116. The van der Waals surface area contributed by atoms with E-state index in [0.717, 1.165) is 17.2 Å². The van der Waals surface area contributed by atoms with Crippen molar-refractivity contribution >= 4 is 33.7 Å². The molecule has 0 spiro atoms. The quantitative estimate of drug-likeness (QED) is 0.724. The highest BCUT2D eigenvalue weighted by Gasteiger charge is 2.10. The highest BCUT2D eigenvalue weighted by molar-refractivity contribution is 7.09. The Balaban J connectivity index is 1.73. The number of nitrogens with two attached hydrogens (primary N) is 1. The van der Waals surface area contributed by atoms with Crippen LogP contribution < -0.4 is 11.1 Å². The van der Waals surface area contributed by atoms with Gasteiger partial charge in [0.2, 0.25) is 0 Å². The van der Waals surface area contributed by atoms with Gasteiger partial charge in [-0.25, -0.2) is 0 Å². The molecule has 4 heteroatoms. The molecule has 0 aliphatic heterocycles. The van der Waals surface area contributed by atoms with Crippen LogP contribution in [-0.4, -0.2) is 12.5 Å². The Kier molecular flexibility index (Phi) is 3.88. The molecular formula is C17H16N2OS. The third-order valence-corrected chi connectivity index (χ3v) is 4.34. The molecule has 3 N–H and O–H groups in total. The van der Waals surface area contributed by atoms with Crippen LogP contribution in [-0.2, 0) is 6.42 Å². The predicted molar refractivity (Wildman–Crippen MR) is 88.7 cm³/mol. The van der Waals surface area contributed by atoms with Gasteiger partial charge in [0.1, 0.15) is 0 Å². The summed E-state index contributed by atoms with van der Waals surface area (Å²) in [6, 6.07) is 15.7. The van der Waals surface area contributed by atoms with Gasteiger partial charge in [-0.2, -0.15) is 0 Å². The van der Waals surface area contributed by atoms with Crippen LogP contribution >= 0.6 is 11.3 Å². The molecule has 1 heterocycles. The molecule has 1 amide bonds. The number of fused-ring (bicyclic) bond motifs is 1. The van der Waals surface area contributed by atoms with E-state index in [1.165, 1.54) is 4.88 Å². The summed E-state index contributed by atoms with van der Waals surface area (Å²) in [7, 11) is 0. The number of amides is 1. The first-order chi connectivity index (χ1) is 10.2. The van der Waals surface area contributed by atoms with E-state index in [4.69, 9.17) is 5.73 Å². The van der Waals surface area contributed by atoms with Crippen LogP contribution in [0.25, 0.3) is 10.8 Å². The predicted octanol–water partition coefficient (Wildman–Crippen LogP) is 3.46. The third-order valence-electron chi connectivity index (χ3n) is 3.40. The average molecular weight is 296 g/mol. The van der Waals surface area contributed by atoms with Crippen molar-refractivity contribution in [3.8, 4) is 0 Å². The van der Waals surface area contributed by atoms with Crippen molar-refractivity contribution in [2.75, 3.05) is 12.3 Å². The van der Waals surface area contributed by atoms with Crippen molar-refractivity contribution < 1.29 is 4.79 Å². The molecule has 3 nitrogen and oxygen atoms in total. The number of rotatable bonds is 4. The van der Waals surface area contributed by atoms with Crippen molar-refractivity contribution in [3.63, 3.8) is 0 Å². The van der Waals surface area contributed by atoms with E-state index < -0.39 is 0 Å². The molecular weight excluding hydrogens is 280 g/mol. The highest BCUT2D eigenvalue weighted by Crippen LogP contribution is 2.21. The normalized spacial score (nSPS) is 10.7. The molecule has 0 unspecified atom stereocenters. The molecule has 0 aliphatic rings. The van der Waals surface area contributed by atoms with Gasteiger partial charge in [0.15, 0.2) is 0 Å². The number of hydrogen-bond donors (Lipinski definition) is 2. The third kappa shape index (κ3) is 3.06. The maximum Gasteiger partial charge on any atom is 0.253 e. The Morgan fingerprint density at radius 2 is 1.86 bits per heavy atom. The van der Waals surface area contributed by atoms with Gasteiger partial charge in [0.05, 0.1) is 5.56 Å². The number of benzene rings is 2. The SMILES string of the molecule is Nc1cc2ccccc2cc1C(=O)NCCc1cccs1. The lowest BCUT2D eigenvalue weighted by molar-refractivity contribution is 0.0955. The van der Waals surface area contributed by atoms with Crippen LogP contribution in [0.3, 0.4) is 0 Å². The van der Waals surface area contributed by atoms with E-state index in [2.05, 4.69) is 11.4 Å². The van der Waals surface area contributed by atoms with Crippen molar-refractivity contribution in [2.24, 2.45) is 0 Å². The van der Waals surface area contributed by atoms with Crippen molar-refractivity contribution in [1.82, 2.24) is 5.32 Å². The average Bonchev–Trinajstić information content (AvgIpc) is 2.99. The van der Waals surface area contributed by atoms with Crippen molar-refractivity contribution in [2.45, 2.75) is 6.42 Å².